The van der Waals surface area contributed by atoms with E-state index in [1.807, 2.05) is 48.5 Å². The largest absolute Gasteiger partial charge is 0.251 e. The summed E-state index contributed by atoms with van der Waals surface area (Å²) in [6, 6.07) is 15.7. The highest BCUT2D eigenvalue weighted by molar-refractivity contribution is 5.43. The molecule has 0 aromatic heterocycles. The predicted octanol–water partition coefficient (Wildman–Crippen LogP) is 3.38. The molecule has 90 valence electrons. The van der Waals surface area contributed by atoms with Crippen LogP contribution < -0.4 is 0 Å². The minimum Gasteiger partial charge on any atom is -0.251 e. The molecule has 0 bridgehead atoms. The summed E-state index contributed by atoms with van der Waals surface area (Å²) in [7, 11) is 0. The second-order valence-corrected chi connectivity index (χ2v) is 4.09. The smallest absolute Gasteiger partial charge is 0.107 e. The van der Waals surface area contributed by atoms with Crippen LogP contribution in [0.3, 0.4) is 0 Å². The quantitative estimate of drug-likeness (QED) is 0.493. The van der Waals surface area contributed by atoms with Gasteiger partial charge in [-0.3, -0.25) is 5.26 Å². The molecule has 1 N–H and O–H groups in total. The lowest BCUT2D eigenvalue weighted by Crippen LogP contribution is -1.87. The SMILES string of the molecule is Cc1ccc(C#Cc2ccc(COO)cc2)cc1. The van der Waals surface area contributed by atoms with E-state index in [0.29, 0.717) is 0 Å². The fraction of sp³-hybridized carbons (Fsp3) is 0.125. The van der Waals surface area contributed by atoms with E-state index < -0.39 is 0 Å². The molecule has 0 saturated carbocycles. The summed E-state index contributed by atoms with van der Waals surface area (Å²) in [4.78, 5) is 4.07. The maximum Gasteiger partial charge on any atom is 0.107 e. The summed E-state index contributed by atoms with van der Waals surface area (Å²) in [5, 5.41) is 8.34. The predicted molar refractivity (Wildman–Crippen MR) is 71.0 cm³/mol. The first-order valence-electron chi connectivity index (χ1n) is 5.72. The van der Waals surface area contributed by atoms with E-state index in [9.17, 15) is 0 Å². The third kappa shape index (κ3) is 3.46. The fourth-order valence-corrected chi connectivity index (χ4v) is 1.54. The highest BCUT2D eigenvalue weighted by Crippen LogP contribution is 2.05. The van der Waals surface area contributed by atoms with Crippen LogP contribution in [0.25, 0.3) is 0 Å². The van der Waals surface area contributed by atoms with Gasteiger partial charge in [-0.25, -0.2) is 4.89 Å². The van der Waals surface area contributed by atoms with Gasteiger partial charge in [-0.2, -0.15) is 0 Å². The Bertz CT molecular complexity index is 557. The topological polar surface area (TPSA) is 29.5 Å². The van der Waals surface area contributed by atoms with E-state index in [4.69, 9.17) is 5.26 Å². The molecule has 2 rings (SSSR count). The number of rotatable bonds is 2. The van der Waals surface area contributed by atoms with Gasteiger partial charge in [0.1, 0.15) is 6.61 Å². The van der Waals surface area contributed by atoms with Gasteiger partial charge in [0.05, 0.1) is 0 Å². The van der Waals surface area contributed by atoms with Crippen molar-refractivity contribution in [2.75, 3.05) is 0 Å². The summed E-state index contributed by atoms with van der Waals surface area (Å²) in [5.41, 5.74) is 4.09. The van der Waals surface area contributed by atoms with Crippen molar-refractivity contribution in [3.8, 4) is 11.8 Å². The summed E-state index contributed by atoms with van der Waals surface area (Å²) >= 11 is 0. The third-order valence-corrected chi connectivity index (χ3v) is 2.59. The van der Waals surface area contributed by atoms with Crippen LogP contribution in [0.1, 0.15) is 22.3 Å². The number of hydrogen-bond acceptors (Lipinski definition) is 2. The van der Waals surface area contributed by atoms with Crippen LogP contribution in [0.4, 0.5) is 0 Å². The van der Waals surface area contributed by atoms with Crippen molar-refractivity contribution in [2.24, 2.45) is 0 Å². The zero-order valence-electron chi connectivity index (χ0n) is 10.2. The molecule has 0 saturated heterocycles. The summed E-state index contributed by atoms with van der Waals surface area (Å²) < 4.78 is 0. The molecule has 2 heteroatoms. The normalized spacial score (nSPS) is 9.67. The van der Waals surface area contributed by atoms with E-state index in [0.717, 1.165) is 16.7 Å². The molecule has 0 atom stereocenters. The second-order valence-electron chi connectivity index (χ2n) is 4.09. The molecule has 0 amide bonds. The molecule has 0 radical (unpaired) electrons. The van der Waals surface area contributed by atoms with E-state index in [1.54, 1.807) is 0 Å². The van der Waals surface area contributed by atoms with Crippen LogP contribution in [0, 0.1) is 18.8 Å². The summed E-state index contributed by atoms with van der Waals surface area (Å²) in [6.07, 6.45) is 0. The van der Waals surface area contributed by atoms with Gasteiger partial charge in [-0.1, -0.05) is 41.7 Å². The molecule has 2 aromatic carbocycles. The van der Waals surface area contributed by atoms with E-state index in [2.05, 4.69) is 23.7 Å². The first kappa shape index (κ1) is 12.4. The molecule has 0 aliphatic heterocycles. The molecule has 0 spiro atoms. The van der Waals surface area contributed by atoms with Gasteiger partial charge in [0.25, 0.3) is 0 Å². The Balaban J connectivity index is 2.12. The maximum absolute atomic E-state index is 8.34. The van der Waals surface area contributed by atoms with Gasteiger partial charge in [0.2, 0.25) is 0 Å². The summed E-state index contributed by atoms with van der Waals surface area (Å²) in [5.74, 6) is 6.21. The van der Waals surface area contributed by atoms with Crippen LogP contribution in [0.5, 0.6) is 0 Å². The Hall–Kier alpha value is -2.08. The molecule has 0 fully saturated rings. The van der Waals surface area contributed by atoms with Crippen molar-refractivity contribution in [1.29, 1.82) is 0 Å². The van der Waals surface area contributed by atoms with Crippen molar-refractivity contribution in [3.05, 3.63) is 70.8 Å². The Morgan fingerprint density at radius 2 is 1.39 bits per heavy atom. The van der Waals surface area contributed by atoms with Crippen molar-refractivity contribution in [3.63, 3.8) is 0 Å². The molecule has 2 aromatic rings. The number of aryl methyl sites for hydroxylation is 1. The molecule has 0 aliphatic carbocycles. The zero-order valence-corrected chi connectivity index (χ0v) is 10.2. The van der Waals surface area contributed by atoms with Gasteiger partial charge in [-0.15, -0.1) is 0 Å². The van der Waals surface area contributed by atoms with E-state index in [1.165, 1.54) is 5.56 Å². The highest BCUT2D eigenvalue weighted by Gasteiger charge is 1.92. The Kier molecular flexibility index (Phi) is 4.14. The van der Waals surface area contributed by atoms with Gasteiger partial charge in [-0.05, 0) is 36.8 Å². The first-order chi connectivity index (χ1) is 8.78. The Morgan fingerprint density at radius 3 is 1.89 bits per heavy atom. The standard InChI is InChI=1S/C16H14O2/c1-13-2-4-14(5-3-13)6-7-15-8-10-16(11-9-15)12-18-17/h2-5,8-11,17H,12H2,1H3. The zero-order chi connectivity index (χ0) is 12.8. The average molecular weight is 238 g/mol. The van der Waals surface area contributed by atoms with Crippen LogP contribution in [0.15, 0.2) is 48.5 Å². The lowest BCUT2D eigenvalue weighted by Gasteiger charge is -1.97. The van der Waals surface area contributed by atoms with E-state index in [-0.39, 0.29) is 6.61 Å². The molecule has 0 heterocycles. The first-order valence-corrected chi connectivity index (χ1v) is 5.72. The summed E-state index contributed by atoms with van der Waals surface area (Å²) in [6.45, 7) is 2.25. The van der Waals surface area contributed by atoms with Crippen molar-refractivity contribution < 1.29 is 10.1 Å². The minimum atomic E-state index is 0.200. The van der Waals surface area contributed by atoms with Gasteiger partial charge < -0.3 is 0 Å². The van der Waals surface area contributed by atoms with E-state index >= 15 is 0 Å². The average Bonchev–Trinajstić information content (AvgIpc) is 2.40. The minimum absolute atomic E-state index is 0.200. The van der Waals surface area contributed by atoms with Crippen LogP contribution in [-0.4, -0.2) is 5.26 Å². The van der Waals surface area contributed by atoms with Crippen molar-refractivity contribution in [2.45, 2.75) is 13.5 Å². The van der Waals surface area contributed by atoms with Gasteiger partial charge in [0, 0.05) is 11.1 Å². The molecule has 18 heavy (non-hydrogen) atoms. The fourth-order valence-electron chi connectivity index (χ4n) is 1.54. The Labute approximate surface area is 107 Å². The van der Waals surface area contributed by atoms with Crippen LogP contribution in [0.2, 0.25) is 0 Å². The lowest BCUT2D eigenvalue weighted by molar-refractivity contribution is -0.253. The monoisotopic (exact) mass is 238 g/mol. The molecular formula is C16H14O2. The van der Waals surface area contributed by atoms with Crippen LogP contribution >= 0.6 is 0 Å². The highest BCUT2D eigenvalue weighted by atomic mass is 17.1. The van der Waals surface area contributed by atoms with Crippen molar-refractivity contribution >= 4 is 0 Å². The second kappa shape index (κ2) is 6.02. The van der Waals surface area contributed by atoms with Crippen molar-refractivity contribution in [1.82, 2.24) is 0 Å². The van der Waals surface area contributed by atoms with Gasteiger partial charge >= 0.3 is 0 Å². The maximum atomic E-state index is 8.34. The molecule has 0 aliphatic rings. The Morgan fingerprint density at radius 1 is 0.889 bits per heavy atom. The number of benzene rings is 2. The van der Waals surface area contributed by atoms with Gasteiger partial charge in [0.15, 0.2) is 0 Å². The van der Waals surface area contributed by atoms with Crippen LogP contribution in [-0.2, 0) is 11.5 Å². The lowest BCUT2D eigenvalue weighted by atomic mass is 10.1. The number of hydrogen-bond donors (Lipinski definition) is 1. The molecular weight excluding hydrogens is 224 g/mol. The molecule has 2 nitrogen and oxygen atoms in total. The molecule has 0 unspecified atom stereocenters. The third-order valence-electron chi connectivity index (χ3n) is 2.59.